The molecular weight excluding hydrogens is 385 g/mol. The van der Waals surface area contributed by atoms with Crippen molar-refractivity contribution < 1.29 is 13.9 Å². The average molecular weight is 407 g/mol. The van der Waals surface area contributed by atoms with E-state index in [0.29, 0.717) is 42.1 Å². The van der Waals surface area contributed by atoms with Crippen molar-refractivity contribution in [1.29, 1.82) is 0 Å². The summed E-state index contributed by atoms with van der Waals surface area (Å²) >= 11 is 0. The highest BCUT2D eigenvalue weighted by Gasteiger charge is 2.21. The topological polar surface area (TPSA) is 73.2 Å². The number of pyridine rings is 2. The zero-order valence-electron chi connectivity index (χ0n) is 16.9. The number of carbonyl (C=O) groups excluding carboxylic acids is 1. The number of aryl methyl sites for hydroxylation is 3. The number of hydrogen-bond donors (Lipinski definition) is 1. The van der Waals surface area contributed by atoms with E-state index < -0.39 is 5.82 Å². The van der Waals surface area contributed by atoms with E-state index in [1.807, 2.05) is 31.3 Å². The second kappa shape index (κ2) is 8.10. The Bertz CT molecular complexity index is 1170. The van der Waals surface area contributed by atoms with Crippen molar-refractivity contribution in [1.82, 2.24) is 9.55 Å². The number of carbonyl (C=O) groups is 1. The monoisotopic (exact) mass is 407 g/mol. The fraction of sp³-hybridized carbons (Fsp3) is 0.261. The van der Waals surface area contributed by atoms with Crippen molar-refractivity contribution in [3.8, 4) is 16.9 Å². The van der Waals surface area contributed by atoms with E-state index in [9.17, 15) is 14.0 Å². The van der Waals surface area contributed by atoms with Crippen LogP contribution in [0.4, 0.5) is 10.1 Å². The van der Waals surface area contributed by atoms with E-state index in [2.05, 4.69) is 10.3 Å². The Kier molecular flexibility index (Phi) is 5.35. The summed E-state index contributed by atoms with van der Waals surface area (Å²) in [6, 6.07) is 8.63. The van der Waals surface area contributed by atoms with Crippen molar-refractivity contribution in [2.75, 3.05) is 5.32 Å². The maximum Gasteiger partial charge on any atom is 0.253 e. The molecule has 2 aromatic heterocycles. The quantitative estimate of drug-likeness (QED) is 0.697. The van der Waals surface area contributed by atoms with Gasteiger partial charge in [-0.15, -0.1) is 0 Å². The van der Waals surface area contributed by atoms with Crippen molar-refractivity contribution in [3.05, 3.63) is 75.7 Å². The Morgan fingerprint density at radius 3 is 2.73 bits per heavy atom. The summed E-state index contributed by atoms with van der Waals surface area (Å²) in [4.78, 5) is 28.2. The van der Waals surface area contributed by atoms with Crippen molar-refractivity contribution in [3.63, 3.8) is 0 Å². The molecule has 0 fully saturated rings. The van der Waals surface area contributed by atoms with Crippen LogP contribution in [0.3, 0.4) is 0 Å². The average Bonchev–Trinajstić information content (AvgIpc) is 2.75. The predicted octanol–water partition coefficient (Wildman–Crippen LogP) is 3.84. The van der Waals surface area contributed by atoms with Crippen LogP contribution in [0.2, 0.25) is 0 Å². The zero-order chi connectivity index (χ0) is 21.3. The second-order valence-corrected chi connectivity index (χ2v) is 7.32. The maximum atomic E-state index is 13.1. The van der Waals surface area contributed by atoms with Crippen LogP contribution in [0.25, 0.3) is 11.1 Å². The van der Waals surface area contributed by atoms with Gasteiger partial charge in [0.2, 0.25) is 5.91 Å². The van der Waals surface area contributed by atoms with Crippen molar-refractivity contribution in [2.45, 2.75) is 39.8 Å². The number of hydrogen-bond acceptors (Lipinski definition) is 4. The fourth-order valence-corrected chi connectivity index (χ4v) is 3.56. The third-order valence-electron chi connectivity index (χ3n) is 5.17. The summed E-state index contributed by atoms with van der Waals surface area (Å²) in [6.45, 7) is 4.44. The summed E-state index contributed by atoms with van der Waals surface area (Å²) in [5.41, 5.74) is 4.66. The second-order valence-electron chi connectivity index (χ2n) is 7.32. The minimum Gasteiger partial charge on any atom is -0.485 e. The van der Waals surface area contributed by atoms with Gasteiger partial charge in [0.05, 0.1) is 17.6 Å². The van der Waals surface area contributed by atoms with Gasteiger partial charge in [0.1, 0.15) is 18.2 Å². The number of nitrogens with zero attached hydrogens (tertiary/aromatic N) is 2. The van der Waals surface area contributed by atoms with Gasteiger partial charge in [-0.05, 0) is 67.3 Å². The van der Waals surface area contributed by atoms with Crippen LogP contribution in [-0.2, 0) is 24.4 Å². The molecule has 7 heteroatoms. The molecule has 3 heterocycles. The minimum absolute atomic E-state index is 0.00895. The van der Waals surface area contributed by atoms with Crippen molar-refractivity contribution >= 4 is 11.6 Å². The Hall–Kier alpha value is -3.48. The smallest absolute Gasteiger partial charge is 0.253 e. The highest BCUT2D eigenvalue weighted by atomic mass is 19.1. The molecule has 30 heavy (non-hydrogen) atoms. The van der Waals surface area contributed by atoms with Gasteiger partial charge in [0.25, 0.3) is 5.56 Å². The third-order valence-corrected chi connectivity index (χ3v) is 5.17. The normalized spacial score (nSPS) is 13.0. The Morgan fingerprint density at radius 2 is 2.00 bits per heavy atom. The highest BCUT2D eigenvalue weighted by molar-refractivity contribution is 5.96. The summed E-state index contributed by atoms with van der Waals surface area (Å²) in [5, 5.41) is 2.90. The Balaban J connectivity index is 1.75. The first-order valence-electron chi connectivity index (χ1n) is 9.86. The third kappa shape index (κ3) is 3.96. The molecule has 3 aromatic rings. The molecule has 1 N–H and O–H groups in total. The fourth-order valence-electron chi connectivity index (χ4n) is 3.56. The largest absolute Gasteiger partial charge is 0.485 e. The summed E-state index contributed by atoms with van der Waals surface area (Å²) in [7, 11) is 0. The van der Waals surface area contributed by atoms with Crippen LogP contribution in [0.1, 0.15) is 30.2 Å². The maximum absolute atomic E-state index is 13.1. The van der Waals surface area contributed by atoms with Crippen LogP contribution in [-0.4, -0.2) is 15.5 Å². The first-order valence-corrected chi connectivity index (χ1v) is 9.86. The molecular formula is C23H22FN3O3. The molecule has 0 saturated heterocycles. The van der Waals surface area contributed by atoms with E-state index in [1.54, 1.807) is 17.6 Å². The number of ether oxygens (including phenoxy) is 1. The lowest BCUT2D eigenvalue weighted by Crippen LogP contribution is -2.21. The number of nitrogens with one attached hydrogen (secondary N) is 1. The Morgan fingerprint density at radius 1 is 1.17 bits per heavy atom. The van der Waals surface area contributed by atoms with Gasteiger partial charge >= 0.3 is 0 Å². The molecule has 0 unspecified atom stereocenters. The highest BCUT2D eigenvalue weighted by Crippen LogP contribution is 2.38. The molecule has 154 valence electrons. The van der Waals surface area contributed by atoms with Crippen LogP contribution in [0, 0.1) is 12.7 Å². The summed E-state index contributed by atoms with van der Waals surface area (Å²) in [5.74, 6) is 0.0516. The SMILES string of the molecule is CCn1cc(-c2cc3c(c(OCc4ccc(F)cn4)c2)NC(=O)CC3)cc(C)c1=O. The molecule has 0 atom stereocenters. The number of aromatic nitrogens is 2. The van der Waals surface area contributed by atoms with Gasteiger partial charge in [-0.1, -0.05) is 0 Å². The molecule has 0 spiro atoms. The van der Waals surface area contributed by atoms with Gasteiger partial charge in [0, 0.05) is 24.7 Å². The van der Waals surface area contributed by atoms with Crippen LogP contribution in [0.15, 0.2) is 47.5 Å². The molecule has 1 aliphatic rings. The molecule has 4 rings (SSSR count). The molecule has 0 saturated carbocycles. The van der Waals surface area contributed by atoms with Gasteiger partial charge in [-0.25, -0.2) is 4.39 Å². The van der Waals surface area contributed by atoms with Gasteiger partial charge in [0.15, 0.2) is 0 Å². The lowest BCUT2D eigenvalue weighted by Gasteiger charge is -2.22. The molecule has 0 bridgehead atoms. The molecule has 1 aliphatic heterocycles. The van der Waals surface area contributed by atoms with E-state index in [1.165, 1.54) is 6.07 Å². The van der Waals surface area contributed by atoms with E-state index in [-0.39, 0.29) is 18.1 Å². The van der Waals surface area contributed by atoms with Gasteiger partial charge < -0.3 is 14.6 Å². The van der Waals surface area contributed by atoms with E-state index >= 15 is 0 Å². The minimum atomic E-state index is -0.410. The number of anilines is 1. The summed E-state index contributed by atoms with van der Waals surface area (Å²) in [6.07, 6.45) is 3.99. The van der Waals surface area contributed by atoms with E-state index in [4.69, 9.17) is 4.74 Å². The zero-order valence-corrected chi connectivity index (χ0v) is 16.9. The molecule has 0 aliphatic carbocycles. The first-order chi connectivity index (χ1) is 14.4. The summed E-state index contributed by atoms with van der Waals surface area (Å²) < 4.78 is 20.8. The van der Waals surface area contributed by atoms with E-state index in [0.717, 1.165) is 22.9 Å². The molecule has 1 aromatic carbocycles. The first kappa shape index (κ1) is 19.8. The molecule has 0 radical (unpaired) electrons. The number of amides is 1. The van der Waals surface area contributed by atoms with Crippen LogP contribution in [0.5, 0.6) is 5.75 Å². The Labute approximate surface area is 173 Å². The van der Waals surface area contributed by atoms with Crippen LogP contribution >= 0.6 is 0 Å². The lowest BCUT2D eigenvalue weighted by molar-refractivity contribution is -0.116. The predicted molar refractivity (Wildman–Crippen MR) is 112 cm³/mol. The molecule has 6 nitrogen and oxygen atoms in total. The number of fused-ring (bicyclic) bond motifs is 1. The number of rotatable bonds is 5. The lowest BCUT2D eigenvalue weighted by atomic mass is 9.96. The number of halogens is 1. The van der Waals surface area contributed by atoms with Crippen molar-refractivity contribution in [2.24, 2.45) is 0 Å². The van der Waals surface area contributed by atoms with Crippen LogP contribution < -0.4 is 15.6 Å². The van der Waals surface area contributed by atoms with Gasteiger partial charge in [-0.2, -0.15) is 0 Å². The number of benzene rings is 1. The van der Waals surface area contributed by atoms with Gasteiger partial charge in [-0.3, -0.25) is 14.6 Å². The standard InChI is InChI=1S/C23H22FN3O3/c1-3-27-12-17(8-14(2)23(27)29)16-9-15-4-7-21(28)26-22(15)20(10-16)30-13-19-6-5-18(24)11-25-19/h5-6,8-12H,3-4,7,13H2,1-2H3,(H,26,28). The molecule has 1 amide bonds.